The van der Waals surface area contributed by atoms with Gasteiger partial charge >= 0.3 is 5.97 Å². The number of carboxylic acids is 1. The van der Waals surface area contributed by atoms with Gasteiger partial charge in [0.25, 0.3) is 0 Å². The van der Waals surface area contributed by atoms with Crippen LogP contribution in [0.2, 0.25) is 5.02 Å². The van der Waals surface area contributed by atoms with Crippen LogP contribution in [0.25, 0.3) is 11.1 Å². The molecule has 8 heteroatoms. The van der Waals surface area contributed by atoms with Crippen LogP contribution < -0.4 is 4.74 Å². The summed E-state index contributed by atoms with van der Waals surface area (Å²) in [6, 6.07) is 25.8. The Hall–Kier alpha value is -3.94. The van der Waals surface area contributed by atoms with E-state index in [1.807, 2.05) is 24.3 Å². The van der Waals surface area contributed by atoms with Gasteiger partial charge in [0.1, 0.15) is 11.5 Å². The van der Waals surface area contributed by atoms with Gasteiger partial charge in [-0.25, -0.2) is 8.42 Å². The molecule has 0 aliphatic heterocycles. The molecule has 0 saturated heterocycles. The first-order valence-electron chi connectivity index (χ1n) is 12.3. The molecular weight excluding hydrogens is 536 g/mol. The van der Waals surface area contributed by atoms with E-state index in [4.69, 9.17) is 16.3 Å². The molecule has 200 valence electrons. The van der Waals surface area contributed by atoms with Crippen molar-refractivity contribution in [1.29, 1.82) is 0 Å². The molecule has 6 nitrogen and oxygen atoms in total. The van der Waals surface area contributed by atoms with Crippen molar-refractivity contribution in [2.45, 2.75) is 30.6 Å². The number of hydrogen-bond donors (Lipinski definition) is 1. The third kappa shape index (κ3) is 7.78. The Morgan fingerprint density at radius 3 is 2.23 bits per heavy atom. The predicted octanol–water partition coefficient (Wildman–Crippen LogP) is 7.04. The number of aliphatic carboxylic acids is 1. The lowest BCUT2D eigenvalue weighted by atomic mass is 10.0. The maximum atomic E-state index is 12.7. The summed E-state index contributed by atoms with van der Waals surface area (Å²) in [7, 11) is -3.44. The van der Waals surface area contributed by atoms with Crippen LogP contribution in [-0.2, 0) is 27.5 Å². The van der Waals surface area contributed by atoms with E-state index < -0.39 is 15.8 Å². The first-order chi connectivity index (χ1) is 18.6. The fraction of sp³-hybridized carbons (Fsp3) is 0.161. The fourth-order valence-corrected chi connectivity index (χ4v) is 4.95. The molecular formula is C31H27ClO6S. The Bertz CT molecular complexity index is 1590. The van der Waals surface area contributed by atoms with Gasteiger partial charge in [0.05, 0.1) is 11.3 Å². The summed E-state index contributed by atoms with van der Waals surface area (Å²) in [5.41, 5.74) is 3.39. The molecule has 0 aliphatic rings. The molecule has 39 heavy (non-hydrogen) atoms. The molecule has 4 aromatic rings. The van der Waals surface area contributed by atoms with E-state index >= 15 is 0 Å². The zero-order valence-electron chi connectivity index (χ0n) is 21.3. The summed E-state index contributed by atoms with van der Waals surface area (Å²) in [5, 5.41) is 9.92. The van der Waals surface area contributed by atoms with Gasteiger partial charge in [-0.2, -0.15) is 0 Å². The number of benzene rings is 4. The lowest BCUT2D eigenvalue weighted by Crippen LogP contribution is -2.01. The molecule has 0 amide bonds. The van der Waals surface area contributed by atoms with Crippen LogP contribution in [0.1, 0.15) is 34.3 Å². The highest BCUT2D eigenvalue weighted by atomic mass is 35.5. The number of hydrogen-bond acceptors (Lipinski definition) is 5. The van der Waals surface area contributed by atoms with Crippen molar-refractivity contribution in [3.8, 4) is 22.6 Å². The van der Waals surface area contributed by atoms with E-state index in [0.29, 0.717) is 45.2 Å². The van der Waals surface area contributed by atoms with Crippen LogP contribution in [-0.4, -0.2) is 31.5 Å². The molecule has 0 fully saturated rings. The van der Waals surface area contributed by atoms with E-state index in [1.54, 1.807) is 54.6 Å². The summed E-state index contributed by atoms with van der Waals surface area (Å²) >= 11 is 5.92. The van der Waals surface area contributed by atoms with Gasteiger partial charge in [0.15, 0.2) is 15.6 Å². The van der Waals surface area contributed by atoms with Gasteiger partial charge in [-0.15, -0.1) is 0 Å². The number of carboxylic acid groups (broad SMARTS) is 1. The standard InChI is InChI=1S/C31H27ClO6S/c1-39(36,37)27-6-3-5-24(20-27)28-18-22(19-31(34)35)10-17-30(28)38-26-15-11-23(12-16-26)29(33)7-2-4-21-8-13-25(32)14-9-21/h3,5-6,8-18,20H,2,4,7,19H2,1H3,(H,34,35). The lowest BCUT2D eigenvalue weighted by Gasteiger charge is -2.14. The van der Waals surface area contributed by atoms with E-state index in [9.17, 15) is 23.1 Å². The number of ketones is 1. The quantitative estimate of drug-likeness (QED) is 0.197. The molecule has 0 heterocycles. The smallest absolute Gasteiger partial charge is 0.307 e. The number of carbonyl (C=O) groups is 2. The van der Waals surface area contributed by atoms with E-state index in [2.05, 4.69) is 0 Å². The minimum absolute atomic E-state index is 0.0341. The molecule has 0 spiro atoms. The predicted molar refractivity (Wildman–Crippen MR) is 152 cm³/mol. The number of aryl methyl sites for hydroxylation is 1. The molecule has 4 aromatic carbocycles. The number of halogens is 1. The summed E-state index contributed by atoms with van der Waals surface area (Å²) in [6.07, 6.45) is 2.86. The molecule has 0 atom stereocenters. The number of rotatable bonds is 11. The second kappa shape index (κ2) is 12.3. The van der Waals surface area contributed by atoms with Crippen LogP contribution in [0, 0.1) is 0 Å². The van der Waals surface area contributed by atoms with Crippen LogP contribution in [0.4, 0.5) is 0 Å². The number of Topliss-reactive ketones (excluding diaryl/α,β-unsaturated/α-hetero) is 1. The monoisotopic (exact) mass is 562 g/mol. The Labute approximate surface area is 232 Å². The maximum absolute atomic E-state index is 12.7. The SMILES string of the molecule is CS(=O)(=O)c1cccc(-c2cc(CC(=O)O)ccc2Oc2ccc(C(=O)CCCc3ccc(Cl)cc3)cc2)c1. The van der Waals surface area contributed by atoms with Gasteiger partial charge in [-0.05, 0) is 90.2 Å². The Balaban J connectivity index is 1.51. The van der Waals surface area contributed by atoms with Crippen LogP contribution in [0.5, 0.6) is 11.5 Å². The summed E-state index contributed by atoms with van der Waals surface area (Å²) in [5.74, 6) is -0.0317. The van der Waals surface area contributed by atoms with Crippen LogP contribution in [0.3, 0.4) is 0 Å². The van der Waals surface area contributed by atoms with Gasteiger partial charge in [-0.1, -0.05) is 41.9 Å². The summed E-state index contributed by atoms with van der Waals surface area (Å²) in [4.78, 5) is 24.1. The lowest BCUT2D eigenvalue weighted by molar-refractivity contribution is -0.136. The zero-order chi connectivity index (χ0) is 28.0. The number of sulfone groups is 1. The van der Waals surface area contributed by atoms with Gasteiger partial charge in [0.2, 0.25) is 0 Å². The Morgan fingerprint density at radius 2 is 1.56 bits per heavy atom. The van der Waals surface area contributed by atoms with Crippen molar-refractivity contribution >= 4 is 33.2 Å². The van der Waals surface area contributed by atoms with Crippen LogP contribution >= 0.6 is 11.6 Å². The first kappa shape index (κ1) is 28.1. The molecule has 0 bridgehead atoms. The molecule has 0 aliphatic carbocycles. The largest absolute Gasteiger partial charge is 0.481 e. The van der Waals surface area contributed by atoms with E-state index in [-0.39, 0.29) is 17.1 Å². The molecule has 0 unspecified atom stereocenters. The summed E-state index contributed by atoms with van der Waals surface area (Å²) < 4.78 is 30.3. The number of carbonyl (C=O) groups excluding carboxylic acids is 1. The van der Waals surface area contributed by atoms with Gasteiger partial charge in [0, 0.05) is 28.8 Å². The maximum Gasteiger partial charge on any atom is 0.307 e. The summed E-state index contributed by atoms with van der Waals surface area (Å²) in [6.45, 7) is 0. The van der Waals surface area contributed by atoms with Crippen molar-refractivity contribution in [2.24, 2.45) is 0 Å². The third-order valence-electron chi connectivity index (χ3n) is 6.16. The highest BCUT2D eigenvalue weighted by Crippen LogP contribution is 2.35. The number of ether oxygens (including phenoxy) is 1. The van der Waals surface area contributed by atoms with Crippen molar-refractivity contribution in [1.82, 2.24) is 0 Å². The topological polar surface area (TPSA) is 97.7 Å². The van der Waals surface area contributed by atoms with Crippen molar-refractivity contribution in [3.63, 3.8) is 0 Å². The highest BCUT2D eigenvalue weighted by Gasteiger charge is 2.15. The minimum atomic E-state index is -3.44. The van der Waals surface area contributed by atoms with Crippen molar-refractivity contribution < 1.29 is 27.9 Å². The molecule has 4 rings (SSSR count). The molecule has 0 aromatic heterocycles. The minimum Gasteiger partial charge on any atom is -0.481 e. The third-order valence-corrected chi connectivity index (χ3v) is 7.52. The van der Waals surface area contributed by atoms with Gasteiger partial charge in [-0.3, -0.25) is 9.59 Å². The van der Waals surface area contributed by atoms with E-state index in [1.165, 1.54) is 12.1 Å². The van der Waals surface area contributed by atoms with E-state index in [0.717, 1.165) is 24.7 Å². The second-order valence-corrected chi connectivity index (χ2v) is 11.7. The zero-order valence-corrected chi connectivity index (χ0v) is 22.8. The van der Waals surface area contributed by atoms with Crippen molar-refractivity contribution in [2.75, 3.05) is 6.26 Å². The van der Waals surface area contributed by atoms with Gasteiger partial charge < -0.3 is 9.84 Å². The highest BCUT2D eigenvalue weighted by molar-refractivity contribution is 7.90. The first-order valence-corrected chi connectivity index (χ1v) is 14.6. The Morgan fingerprint density at radius 1 is 0.872 bits per heavy atom. The second-order valence-electron chi connectivity index (χ2n) is 9.23. The van der Waals surface area contributed by atoms with Crippen molar-refractivity contribution in [3.05, 3.63) is 113 Å². The Kier molecular flexibility index (Phi) is 8.84. The average Bonchev–Trinajstić information content (AvgIpc) is 2.90. The van der Waals surface area contributed by atoms with Crippen LogP contribution in [0.15, 0.2) is 95.9 Å². The molecule has 0 radical (unpaired) electrons. The normalized spacial score (nSPS) is 11.2. The fourth-order valence-electron chi connectivity index (χ4n) is 4.15. The molecule has 1 N–H and O–H groups in total. The average molecular weight is 563 g/mol. The molecule has 0 saturated carbocycles.